The Morgan fingerprint density at radius 2 is 1.94 bits per heavy atom. The number of likely N-dealkylation sites (tertiary alicyclic amines) is 2. The molecule has 1 aromatic carbocycles. The Morgan fingerprint density at radius 1 is 1.06 bits per heavy atom. The molecule has 4 heterocycles. The van der Waals surface area contributed by atoms with Gasteiger partial charge in [-0.1, -0.05) is 36.4 Å². The van der Waals surface area contributed by atoms with Crippen molar-refractivity contribution in [3.05, 3.63) is 66.1 Å². The Hall–Kier alpha value is -2.93. The highest BCUT2D eigenvalue weighted by atomic mass is 15.3. The minimum absolute atomic E-state index is 0.689. The van der Waals surface area contributed by atoms with E-state index in [0.29, 0.717) is 6.04 Å². The monoisotopic (exact) mass is 445 g/mol. The molecule has 3 aromatic rings. The lowest BCUT2D eigenvalue weighted by Gasteiger charge is -2.48. The van der Waals surface area contributed by atoms with Crippen molar-refractivity contribution in [3.8, 4) is 0 Å². The van der Waals surface area contributed by atoms with Crippen LogP contribution in [0.25, 0.3) is 5.65 Å². The smallest absolute Gasteiger partial charge is 0.193 e. The molecule has 2 aliphatic heterocycles. The second-order valence-electron chi connectivity index (χ2n) is 9.28. The molecule has 0 saturated carbocycles. The van der Waals surface area contributed by atoms with Gasteiger partial charge in [-0.2, -0.15) is 0 Å². The molecule has 2 aromatic heterocycles. The molecule has 0 aliphatic carbocycles. The summed E-state index contributed by atoms with van der Waals surface area (Å²) in [4.78, 5) is 9.80. The third-order valence-corrected chi connectivity index (χ3v) is 7.17. The van der Waals surface area contributed by atoms with Crippen molar-refractivity contribution in [2.75, 3.05) is 33.2 Å². The number of rotatable bonds is 6. The van der Waals surface area contributed by atoms with Gasteiger partial charge in [-0.3, -0.25) is 14.3 Å². The van der Waals surface area contributed by atoms with Gasteiger partial charge in [-0.25, -0.2) is 0 Å². The number of aliphatic imine (C=N–C) groups is 1. The highest BCUT2D eigenvalue weighted by Crippen LogP contribution is 2.31. The first-order valence-electron chi connectivity index (χ1n) is 12.3. The fourth-order valence-electron chi connectivity index (χ4n) is 5.55. The van der Waals surface area contributed by atoms with Crippen LogP contribution < -0.4 is 5.32 Å². The SMILES string of the molecule is CN=C(NCCCc1nnc2ccccn12)N1CCC2C(CCCN2Cc2ccccc2)C1. The molecule has 2 aliphatic rings. The first-order valence-corrected chi connectivity index (χ1v) is 12.3. The number of nitrogens with one attached hydrogen (secondary N) is 1. The van der Waals surface area contributed by atoms with Gasteiger partial charge in [0.2, 0.25) is 0 Å². The molecular weight excluding hydrogens is 410 g/mol. The summed E-state index contributed by atoms with van der Waals surface area (Å²) in [5.41, 5.74) is 2.34. The normalized spacial score (nSPS) is 21.8. The quantitative estimate of drug-likeness (QED) is 0.359. The largest absolute Gasteiger partial charge is 0.356 e. The molecule has 2 atom stereocenters. The molecule has 0 amide bonds. The van der Waals surface area contributed by atoms with E-state index in [-0.39, 0.29) is 0 Å². The number of aromatic nitrogens is 3. The van der Waals surface area contributed by atoms with E-state index in [9.17, 15) is 0 Å². The lowest BCUT2D eigenvalue weighted by molar-refractivity contribution is 0.0372. The van der Waals surface area contributed by atoms with Gasteiger partial charge in [0.1, 0.15) is 5.82 Å². The fourth-order valence-corrected chi connectivity index (χ4v) is 5.55. The van der Waals surface area contributed by atoms with Crippen LogP contribution >= 0.6 is 0 Å². The summed E-state index contributed by atoms with van der Waals surface area (Å²) >= 11 is 0. The minimum Gasteiger partial charge on any atom is -0.356 e. The lowest BCUT2D eigenvalue weighted by atomic mass is 9.83. The second-order valence-corrected chi connectivity index (χ2v) is 9.28. The number of nitrogens with zero attached hydrogens (tertiary/aromatic N) is 6. The van der Waals surface area contributed by atoms with E-state index in [0.717, 1.165) is 62.4 Å². The maximum Gasteiger partial charge on any atom is 0.193 e. The van der Waals surface area contributed by atoms with Gasteiger partial charge in [0, 0.05) is 51.9 Å². The minimum atomic E-state index is 0.689. The highest BCUT2D eigenvalue weighted by Gasteiger charge is 2.36. The highest BCUT2D eigenvalue weighted by molar-refractivity contribution is 5.80. The molecule has 0 spiro atoms. The van der Waals surface area contributed by atoms with Crippen LogP contribution in [0.4, 0.5) is 0 Å². The van der Waals surface area contributed by atoms with Gasteiger partial charge in [0.15, 0.2) is 11.6 Å². The van der Waals surface area contributed by atoms with Crippen LogP contribution in [0, 0.1) is 5.92 Å². The summed E-state index contributed by atoms with van der Waals surface area (Å²) in [5, 5.41) is 12.2. The maximum absolute atomic E-state index is 4.61. The Morgan fingerprint density at radius 3 is 2.82 bits per heavy atom. The van der Waals surface area contributed by atoms with Crippen LogP contribution in [0.15, 0.2) is 59.7 Å². The summed E-state index contributed by atoms with van der Waals surface area (Å²) in [6.07, 6.45) is 7.76. The van der Waals surface area contributed by atoms with E-state index in [1.54, 1.807) is 0 Å². The molecule has 0 radical (unpaired) electrons. The molecule has 174 valence electrons. The van der Waals surface area contributed by atoms with Gasteiger partial charge in [-0.15, -0.1) is 10.2 Å². The average Bonchev–Trinajstić information content (AvgIpc) is 3.28. The van der Waals surface area contributed by atoms with Crippen molar-refractivity contribution in [1.82, 2.24) is 29.7 Å². The predicted octanol–water partition coefficient (Wildman–Crippen LogP) is 3.22. The first-order chi connectivity index (χ1) is 16.3. The summed E-state index contributed by atoms with van der Waals surface area (Å²) in [5.74, 6) is 2.78. The van der Waals surface area contributed by atoms with Crippen LogP contribution in [0.3, 0.4) is 0 Å². The zero-order valence-electron chi connectivity index (χ0n) is 19.6. The Kier molecular flexibility index (Phi) is 6.86. The fraction of sp³-hybridized carbons (Fsp3) is 0.500. The van der Waals surface area contributed by atoms with Gasteiger partial charge >= 0.3 is 0 Å². The third-order valence-electron chi connectivity index (χ3n) is 7.17. The van der Waals surface area contributed by atoms with Gasteiger partial charge in [0.25, 0.3) is 0 Å². The van der Waals surface area contributed by atoms with Gasteiger partial charge < -0.3 is 10.2 Å². The van der Waals surface area contributed by atoms with Crippen molar-refractivity contribution < 1.29 is 0 Å². The first kappa shape index (κ1) is 21.9. The van der Waals surface area contributed by atoms with E-state index < -0.39 is 0 Å². The van der Waals surface area contributed by atoms with E-state index >= 15 is 0 Å². The van der Waals surface area contributed by atoms with E-state index in [2.05, 4.69) is 65.0 Å². The van der Waals surface area contributed by atoms with E-state index in [1.807, 2.05) is 31.4 Å². The van der Waals surface area contributed by atoms with Crippen molar-refractivity contribution in [3.63, 3.8) is 0 Å². The molecular formula is C26H35N7. The number of piperidine rings is 2. The van der Waals surface area contributed by atoms with Gasteiger partial charge in [-0.05, 0) is 55.8 Å². The Bertz CT molecular complexity index is 1060. The molecule has 2 unspecified atom stereocenters. The van der Waals surface area contributed by atoms with E-state index in [4.69, 9.17) is 0 Å². The Labute approximate surface area is 196 Å². The Balaban J connectivity index is 1.12. The van der Waals surface area contributed by atoms with Crippen LogP contribution in [-0.2, 0) is 13.0 Å². The molecule has 33 heavy (non-hydrogen) atoms. The van der Waals surface area contributed by atoms with Crippen LogP contribution in [0.2, 0.25) is 0 Å². The summed E-state index contributed by atoms with van der Waals surface area (Å²) in [6.45, 7) is 5.36. The van der Waals surface area contributed by atoms with Gasteiger partial charge in [0.05, 0.1) is 0 Å². The molecule has 7 heteroatoms. The summed E-state index contributed by atoms with van der Waals surface area (Å²) in [6, 6.07) is 17.6. The third kappa shape index (κ3) is 5.03. The number of aryl methyl sites for hydroxylation is 1. The zero-order chi connectivity index (χ0) is 22.5. The summed E-state index contributed by atoms with van der Waals surface area (Å²) in [7, 11) is 1.91. The van der Waals surface area contributed by atoms with Crippen LogP contribution in [0.5, 0.6) is 0 Å². The number of pyridine rings is 1. The number of guanidine groups is 1. The van der Waals surface area contributed by atoms with Crippen molar-refractivity contribution in [2.45, 2.75) is 44.7 Å². The molecule has 7 nitrogen and oxygen atoms in total. The number of fused-ring (bicyclic) bond motifs is 2. The zero-order valence-corrected chi connectivity index (χ0v) is 19.6. The second kappa shape index (κ2) is 10.3. The molecule has 2 saturated heterocycles. The standard InChI is InChI=1S/C26H35N7/c1-27-26(28-15-7-13-25-30-29-24-12-5-6-17-33(24)25)32-18-14-23-22(20-32)11-8-16-31(23)19-21-9-3-2-4-10-21/h2-6,9-10,12,17,22-23H,7-8,11,13-16,18-20H2,1H3,(H,27,28). The van der Waals surface area contributed by atoms with Crippen molar-refractivity contribution in [1.29, 1.82) is 0 Å². The van der Waals surface area contributed by atoms with E-state index in [1.165, 1.54) is 31.4 Å². The molecule has 0 bridgehead atoms. The predicted molar refractivity (Wildman–Crippen MR) is 132 cm³/mol. The number of hydrogen-bond donors (Lipinski definition) is 1. The maximum atomic E-state index is 4.61. The van der Waals surface area contributed by atoms with Crippen molar-refractivity contribution >= 4 is 11.6 Å². The average molecular weight is 446 g/mol. The number of benzene rings is 1. The van der Waals surface area contributed by atoms with Crippen LogP contribution in [0.1, 0.15) is 37.1 Å². The lowest BCUT2D eigenvalue weighted by Crippen LogP contribution is -2.56. The van der Waals surface area contributed by atoms with Crippen molar-refractivity contribution in [2.24, 2.45) is 10.9 Å². The molecule has 1 N–H and O–H groups in total. The topological polar surface area (TPSA) is 61.1 Å². The number of hydrogen-bond acceptors (Lipinski definition) is 4. The molecule has 2 fully saturated rings. The van der Waals surface area contributed by atoms with Crippen LogP contribution in [-0.4, -0.2) is 69.6 Å². The summed E-state index contributed by atoms with van der Waals surface area (Å²) < 4.78 is 2.07. The molecule has 5 rings (SSSR count).